The molecule has 106 valence electrons. The molecular formula is C13H19FN2O3. The van der Waals surface area contributed by atoms with Crippen LogP contribution in [0.5, 0.6) is 0 Å². The van der Waals surface area contributed by atoms with Gasteiger partial charge in [-0.15, -0.1) is 0 Å². The second-order valence-corrected chi connectivity index (χ2v) is 4.15. The van der Waals surface area contributed by atoms with Crippen molar-refractivity contribution in [1.82, 2.24) is 4.90 Å². The van der Waals surface area contributed by atoms with Gasteiger partial charge in [-0.2, -0.15) is 0 Å². The number of aliphatic hydroxyl groups excluding tert-OH is 1. The van der Waals surface area contributed by atoms with Gasteiger partial charge in [0, 0.05) is 25.9 Å². The van der Waals surface area contributed by atoms with Gasteiger partial charge in [-0.1, -0.05) is 0 Å². The van der Waals surface area contributed by atoms with Crippen molar-refractivity contribution in [2.45, 2.75) is 6.92 Å². The van der Waals surface area contributed by atoms with E-state index in [-0.39, 0.29) is 13.2 Å². The number of hydrogen-bond acceptors (Lipinski definition) is 3. The molecule has 0 atom stereocenters. The molecule has 0 saturated heterocycles. The summed E-state index contributed by atoms with van der Waals surface area (Å²) < 4.78 is 18.1. The lowest BCUT2D eigenvalue weighted by Gasteiger charge is -2.21. The van der Waals surface area contributed by atoms with Gasteiger partial charge in [0.15, 0.2) is 0 Å². The number of methoxy groups -OCH3 is 1. The molecular weight excluding hydrogens is 251 g/mol. The molecule has 0 radical (unpaired) electrons. The summed E-state index contributed by atoms with van der Waals surface area (Å²) in [6.45, 7) is 2.53. The van der Waals surface area contributed by atoms with Gasteiger partial charge in [-0.3, -0.25) is 0 Å². The van der Waals surface area contributed by atoms with Crippen LogP contribution in [0.3, 0.4) is 0 Å². The van der Waals surface area contributed by atoms with E-state index in [1.807, 2.05) is 0 Å². The number of amides is 2. The minimum absolute atomic E-state index is 0.140. The van der Waals surface area contributed by atoms with Crippen molar-refractivity contribution >= 4 is 11.7 Å². The molecule has 0 aromatic heterocycles. The number of benzene rings is 1. The highest BCUT2D eigenvalue weighted by molar-refractivity contribution is 5.89. The van der Waals surface area contributed by atoms with E-state index in [1.54, 1.807) is 13.0 Å². The van der Waals surface area contributed by atoms with Gasteiger partial charge in [0.1, 0.15) is 5.82 Å². The lowest BCUT2D eigenvalue weighted by molar-refractivity contribution is 0.142. The Kier molecular flexibility index (Phi) is 6.24. The number of nitrogens with one attached hydrogen (secondary N) is 1. The second kappa shape index (κ2) is 7.70. The zero-order valence-corrected chi connectivity index (χ0v) is 11.1. The fourth-order valence-corrected chi connectivity index (χ4v) is 1.65. The van der Waals surface area contributed by atoms with Crippen molar-refractivity contribution in [1.29, 1.82) is 0 Å². The van der Waals surface area contributed by atoms with E-state index in [9.17, 15) is 9.18 Å². The Morgan fingerprint density at radius 1 is 1.42 bits per heavy atom. The second-order valence-electron chi connectivity index (χ2n) is 4.15. The van der Waals surface area contributed by atoms with E-state index in [0.717, 1.165) is 5.56 Å². The summed E-state index contributed by atoms with van der Waals surface area (Å²) in [6, 6.07) is 3.91. The minimum atomic E-state index is -0.402. The molecule has 19 heavy (non-hydrogen) atoms. The number of rotatable bonds is 6. The number of urea groups is 1. The first-order valence-corrected chi connectivity index (χ1v) is 5.99. The lowest BCUT2D eigenvalue weighted by atomic mass is 10.2. The van der Waals surface area contributed by atoms with Crippen molar-refractivity contribution in [3.8, 4) is 0 Å². The van der Waals surface area contributed by atoms with Crippen molar-refractivity contribution in [3.05, 3.63) is 29.6 Å². The number of nitrogens with zero attached hydrogens (tertiary/aromatic N) is 1. The van der Waals surface area contributed by atoms with E-state index < -0.39 is 11.8 Å². The predicted molar refractivity (Wildman–Crippen MR) is 70.7 cm³/mol. The molecule has 0 fully saturated rings. The zero-order valence-electron chi connectivity index (χ0n) is 11.1. The Morgan fingerprint density at radius 2 is 2.16 bits per heavy atom. The molecule has 2 N–H and O–H groups in total. The topological polar surface area (TPSA) is 61.8 Å². The number of ether oxygens (including phenoxy) is 1. The van der Waals surface area contributed by atoms with Crippen molar-refractivity contribution in [2.24, 2.45) is 0 Å². The molecule has 5 nitrogen and oxygen atoms in total. The average molecular weight is 270 g/mol. The van der Waals surface area contributed by atoms with Gasteiger partial charge in [0.2, 0.25) is 0 Å². The van der Waals surface area contributed by atoms with Gasteiger partial charge in [-0.05, 0) is 30.7 Å². The summed E-state index contributed by atoms with van der Waals surface area (Å²) in [6.07, 6.45) is 0. The van der Waals surface area contributed by atoms with Crippen LogP contribution >= 0.6 is 0 Å². The molecule has 0 aliphatic heterocycles. The Morgan fingerprint density at radius 3 is 2.74 bits per heavy atom. The normalized spacial score (nSPS) is 10.3. The molecule has 0 saturated carbocycles. The van der Waals surface area contributed by atoms with Gasteiger partial charge < -0.3 is 20.1 Å². The molecule has 1 rings (SSSR count). The summed E-state index contributed by atoms with van der Waals surface area (Å²) in [4.78, 5) is 13.4. The lowest BCUT2D eigenvalue weighted by Crippen LogP contribution is -2.39. The molecule has 0 spiro atoms. The van der Waals surface area contributed by atoms with Crippen LogP contribution in [0.1, 0.15) is 5.56 Å². The Hall–Kier alpha value is -1.66. The first kappa shape index (κ1) is 15.4. The number of hydrogen-bond donors (Lipinski definition) is 2. The Balaban J connectivity index is 2.69. The van der Waals surface area contributed by atoms with E-state index in [0.29, 0.717) is 18.8 Å². The Labute approximate surface area is 112 Å². The van der Waals surface area contributed by atoms with Crippen LogP contribution in [0.15, 0.2) is 18.2 Å². The smallest absolute Gasteiger partial charge is 0.322 e. The fourth-order valence-electron chi connectivity index (χ4n) is 1.65. The number of halogens is 1. The highest BCUT2D eigenvalue weighted by atomic mass is 19.1. The first-order valence-electron chi connectivity index (χ1n) is 5.99. The van der Waals surface area contributed by atoms with Gasteiger partial charge in [0.05, 0.1) is 13.2 Å². The molecule has 2 amide bonds. The van der Waals surface area contributed by atoms with Crippen LogP contribution < -0.4 is 5.32 Å². The summed E-state index contributed by atoms with van der Waals surface area (Å²) in [5.74, 6) is -0.402. The standard InChI is InChI=1S/C13H19FN2O3/c1-10-7-11(14)9-12(8-10)15-13(18)16(3-5-17)4-6-19-2/h7-9,17H,3-6H2,1-2H3,(H,15,18). The highest BCUT2D eigenvalue weighted by Gasteiger charge is 2.13. The molecule has 6 heteroatoms. The number of anilines is 1. The predicted octanol–water partition coefficient (Wildman–Crippen LogP) is 1.61. The van der Waals surface area contributed by atoms with E-state index >= 15 is 0 Å². The molecule has 0 heterocycles. The molecule has 1 aromatic rings. The van der Waals surface area contributed by atoms with Crippen LogP contribution in [-0.2, 0) is 4.74 Å². The van der Waals surface area contributed by atoms with Gasteiger partial charge >= 0.3 is 6.03 Å². The summed E-state index contributed by atoms with van der Waals surface area (Å²) in [5, 5.41) is 11.5. The summed E-state index contributed by atoms with van der Waals surface area (Å²) in [5.41, 5.74) is 1.11. The average Bonchev–Trinajstić information content (AvgIpc) is 2.33. The number of carbonyl (C=O) groups excluding carboxylic acids is 1. The molecule has 0 bridgehead atoms. The molecule has 0 aliphatic carbocycles. The summed E-state index contributed by atoms with van der Waals surface area (Å²) >= 11 is 0. The SMILES string of the molecule is COCCN(CCO)C(=O)Nc1cc(C)cc(F)c1. The van der Waals surface area contributed by atoms with E-state index in [4.69, 9.17) is 9.84 Å². The zero-order chi connectivity index (χ0) is 14.3. The van der Waals surface area contributed by atoms with Crippen molar-refractivity contribution in [2.75, 3.05) is 38.7 Å². The maximum atomic E-state index is 13.2. The van der Waals surface area contributed by atoms with Gasteiger partial charge in [-0.25, -0.2) is 9.18 Å². The van der Waals surface area contributed by atoms with Crippen LogP contribution in [0, 0.1) is 12.7 Å². The van der Waals surface area contributed by atoms with Crippen LogP contribution in [-0.4, -0.2) is 49.5 Å². The highest BCUT2D eigenvalue weighted by Crippen LogP contribution is 2.13. The number of aryl methyl sites for hydroxylation is 1. The van der Waals surface area contributed by atoms with Crippen molar-refractivity contribution in [3.63, 3.8) is 0 Å². The Bertz CT molecular complexity index is 406. The maximum absolute atomic E-state index is 13.2. The maximum Gasteiger partial charge on any atom is 0.322 e. The van der Waals surface area contributed by atoms with E-state index in [1.165, 1.54) is 24.1 Å². The third-order valence-corrected chi connectivity index (χ3v) is 2.52. The van der Waals surface area contributed by atoms with Gasteiger partial charge in [0.25, 0.3) is 0 Å². The third kappa shape index (κ3) is 5.23. The molecule has 0 unspecified atom stereocenters. The largest absolute Gasteiger partial charge is 0.395 e. The van der Waals surface area contributed by atoms with Crippen LogP contribution in [0.25, 0.3) is 0 Å². The molecule has 1 aromatic carbocycles. The quantitative estimate of drug-likeness (QED) is 0.825. The third-order valence-electron chi connectivity index (χ3n) is 2.52. The van der Waals surface area contributed by atoms with Crippen molar-refractivity contribution < 1.29 is 19.0 Å². The number of carbonyl (C=O) groups is 1. The van der Waals surface area contributed by atoms with Crippen LogP contribution in [0.2, 0.25) is 0 Å². The van der Waals surface area contributed by atoms with E-state index in [2.05, 4.69) is 5.32 Å². The summed E-state index contributed by atoms with van der Waals surface area (Å²) in [7, 11) is 1.53. The molecule has 0 aliphatic rings. The minimum Gasteiger partial charge on any atom is -0.395 e. The monoisotopic (exact) mass is 270 g/mol. The van der Waals surface area contributed by atoms with Crippen LogP contribution in [0.4, 0.5) is 14.9 Å². The first-order chi connectivity index (χ1) is 9.06. The fraction of sp³-hybridized carbons (Fsp3) is 0.462. The number of aliphatic hydroxyl groups is 1.